The molecule has 6 amide bonds. The second-order valence-electron chi connectivity index (χ2n) is 21.9. The number of hydrogen-bond donors (Lipinski definition) is 2. The molecule has 14 nitrogen and oxygen atoms in total. The topological polar surface area (TPSA) is 152 Å². The number of alkyl halides is 6. The van der Waals surface area contributed by atoms with E-state index in [9.17, 15) is 55.1 Å². The van der Waals surface area contributed by atoms with Crippen molar-refractivity contribution in [3.05, 3.63) is 58.6 Å². The molecule has 75 heavy (non-hydrogen) atoms. The Morgan fingerprint density at radius 2 is 1.56 bits per heavy atom. The van der Waals surface area contributed by atoms with Crippen LogP contribution in [0.5, 0.6) is 0 Å². The molecule has 21 heteroatoms. The number of rotatable bonds is 13. The van der Waals surface area contributed by atoms with E-state index < -0.39 is 115 Å². The van der Waals surface area contributed by atoms with Crippen molar-refractivity contribution in [3.8, 4) is 11.1 Å². The summed E-state index contributed by atoms with van der Waals surface area (Å²) in [4.78, 5) is 93.2. The fourth-order valence-corrected chi connectivity index (χ4v) is 11.3. The molecule has 6 atom stereocenters. The zero-order valence-corrected chi connectivity index (χ0v) is 44.3. The number of carbonyl (C=O) groups is 6. The normalized spacial score (nSPS) is 25.9. The van der Waals surface area contributed by atoms with Crippen molar-refractivity contribution >= 4 is 47.0 Å². The summed E-state index contributed by atoms with van der Waals surface area (Å²) in [7, 11) is 4.64. The maximum atomic E-state index is 15.0. The summed E-state index contributed by atoms with van der Waals surface area (Å²) < 4.78 is 91.2. The quantitative estimate of drug-likeness (QED) is 0.200. The molecule has 2 aliphatic carbocycles. The van der Waals surface area contributed by atoms with Crippen LogP contribution < -0.4 is 10.6 Å². The fourth-order valence-electron chi connectivity index (χ4n) is 11.1. The highest BCUT2D eigenvalue weighted by atomic mass is 35.5. The monoisotopic (exact) mass is 1080 g/mol. The smallest absolute Gasteiger partial charge is 0.379 e. The lowest BCUT2D eigenvalue weighted by atomic mass is 9.64. The summed E-state index contributed by atoms with van der Waals surface area (Å²) in [5.74, 6) is -9.53. The van der Waals surface area contributed by atoms with Crippen LogP contribution in [0.3, 0.4) is 0 Å². The molecular formula is C54H72ClF6N7O7. The minimum Gasteiger partial charge on any atom is -0.379 e. The lowest BCUT2D eigenvalue weighted by Gasteiger charge is -2.48. The molecule has 7 rings (SSSR count). The van der Waals surface area contributed by atoms with Gasteiger partial charge in [0.15, 0.2) is 5.41 Å². The van der Waals surface area contributed by atoms with Gasteiger partial charge in [-0.25, -0.2) is 13.2 Å². The molecule has 2 aromatic carbocycles. The van der Waals surface area contributed by atoms with E-state index in [-0.39, 0.29) is 31.1 Å². The first-order valence-corrected chi connectivity index (χ1v) is 26.7. The Kier molecular flexibility index (Phi) is 18.6. The largest absolute Gasteiger partial charge is 0.403 e. The van der Waals surface area contributed by atoms with Gasteiger partial charge in [-0.3, -0.25) is 33.7 Å². The lowest BCUT2D eigenvalue weighted by molar-refractivity contribution is -0.299. The van der Waals surface area contributed by atoms with Gasteiger partial charge < -0.3 is 35.0 Å². The number of nitrogens with zero attached hydrogens (tertiary/aromatic N) is 5. The number of nitrogens with one attached hydrogen (secondary N) is 2. The van der Waals surface area contributed by atoms with Crippen LogP contribution in [0.1, 0.15) is 102 Å². The molecule has 0 spiro atoms. The van der Waals surface area contributed by atoms with E-state index in [1.54, 1.807) is 24.1 Å². The minimum atomic E-state index is -5.40. The third kappa shape index (κ3) is 13.8. The van der Waals surface area contributed by atoms with Gasteiger partial charge in [0.2, 0.25) is 35.4 Å². The molecule has 5 aliphatic rings. The Balaban J connectivity index is 1.11. The molecular weight excluding hydrogens is 1010 g/mol. The van der Waals surface area contributed by atoms with Gasteiger partial charge in [0.05, 0.1) is 19.8 Å². The van der Waals surface area contributed by atoms with Crippen LogP contribution in [0, 0.1) is 17.3 Å². The first-order valence-electron chi connectivity index (χ1n) is 26.4. The average Bonchev–Trinajstić information content (AvgIpc) is 4.12. The first kappa shape index (κ1) is 57.7. The zero-order chi connectivity index (χ0) is 54.6. The lowest BCUT2D eigenvalue weighted by Crippen LogP contribution is -2.65. The van der Waals surface area contributed by atoms with E-state index in [0.29, 0.717) is 61.8 Å². The number of halogens is 7. The highest BCUT2D eigenvalue weighted by Gasteiger charge is 2.75. The highest BCUT2D eigenvalue weighted by Crippen LogP contribution is 2.61. The van der Waals surface area contributed by atoms with Crippen LogP contribution >= 0.6 is 11.6 Å². The molecule has 2 N–H and O–H groups in total. The summed E-state index contributed by atoms with van der Waals surface area (Å²) in [6, 6.07) is 7.17. The standard InChI is InChI=1S/C54H72ClF6N7O7/c1-33(2)25-41-48(71)66(5)44(27-37-26-38(55)18-19-40(37)35-14-12-34(13-15-35)29-67-21-23-75-24-22-67)49(72)64(3)20-10-8-6-7-9-11-42(46(69)62-41)65(4)50(73)45(36-16-17-36)63-47(70)43-28-39(56)30-68(43)51(74)52(54(59,60)61)31-53(57,58)32-52/h12-15,18-19,26,33,36,39,41-45H,6-11,16-17,20-25,27-32H2,1-5H3,(H,62,69)(H,63,70)/t39-,41+,42+,43+,44+,45+/m1/s1. The Morgan fingerprint density at radius 3 is 2.19 bits per heavy atom. The van der Waals surface area contributed by atoms with Crippen LogP contribution in [-0.4, -0.2) is 169 Å². The summed E-state index contributed by atoms with van der Waals surface area (Å²) in [6.45, 7) is 7.09. The predicted octanol–water partition coefficient (Wildman–Crippen LogP) is 7.19. The third-order valence-corrected chi connectivity index (χ3v) is 15.9. The number of likely N-dealkylation sites (N-methyl/N-ethyl adjacent to an activating group) is 3. The number of morpholine rings is 1. The summed E-state index contributed by atoms with van der Waals surface area (Å²) in [5.41, 5.74) is 0.109. The van der Waals surface area contributed by atoms with Gasteiger partial charge in [-0.1, -0.05) is 81.5 Å². The highest BCUT2D eigenvalue weighted by molar-refractivity contribution is 6.30. The Labute approximate surface area is 440 Å². The summed E-state index contributed by atoms with van der Waals surface area (Å²) in [6.07, 6.45) is -7.11. The van der Waals surface area contributed by atoms with Crippen LogP contribution in [-0.2, 0) is 46.5 Å². The van der Waals surface area contributed by atoms with Crippen molar-refractivity contribution in [2.24, 2.45) is 17.3 Å². The summed E-state index contributed by atoms with van der Waals surface area (Å²) in [5, 5.41) is 5.92. The molecule has 0 radical (unpaired) electrons. The summed E-state index contributed by atoms with van der Waals surface area (Å²) >= 11 is 6.64. The van der Waals surface area contributed by atoms with Crippen molar-refractivity contribution in [1.82, 2.24) is 35.1 Å². The molecule has 0 aromatic heterocycles. The van der Waals surface area contributed by atoms with Gasteiger partial charge >= 0.3 is 6.18 Å². The molecule has 3 heterocycles. The van der Waals surface area contributed by atoms with E-state index in [1.165, 1.54) is 23.9 Å². The van der Waals surface area contributed by atoms with Crippen LogP contribution in [0.15, 0.2) is 42.5 Å². The molecule has 0 bridgehead atoms. The van der Waals surface area contributed by atoms with Gasteiger partial charge in [-0.05, 0) is 78.3 Å². The molecule has 3 saturated heterocycles. The molecule has 2 aromatic rings. The van der Waals surface area contributed by atoms with Crippen LogP contribution in [0.2, 0.25) is 5.02 Å². The number of ether oxygens (including phenoxy) is 1. The van der Waals surface area contributed by atoms with Crippen molar-refractivity contribution in [2.45, 2.75) is 152 Å². The maximum absolute atomic E-state index is 15.0. The van der Waals surface area contributed by atoms with Crippen molar-refractivity contribution in [1.29, 1.82) is 0 Å². The maximum Gasteiger partial charge on any atom is 0.403 e. The van der Waals surface area contributed by atoms with E-state index in [2.05, 4.69) is 27.7 Å². The van der Waals surface area contributed by atoms with Crippen molar-refractivity contribution < 1.29 is 59.8 Å². The third-order valence-electron chi connectivity index (χ3n) is 15.7. The molecule has 0 unspecified atom stereocenters. The van der Waals surface area contributed by atoms with Gasteiger partial charge in [0, 0.05) is 78.0 Å². The van der Waals surface area contributed by atoms with E-state index >= 15 is 0 Å². The molecule has 5 fully saturated rings. The van der Waals surface area contributed by atoms with E-state index in [1.807, 2.05) is 32.0 Å². The fraction of sp³-hybridized carbons (Fsp3) is 0.667. The molecule has 3 aliphatic heterocycles. The molecule has 2 saturated carbocycles. The number of hydrogen-bond acceptors (Lipinski definition) is 8. The zero-order valence-electron chi connectivity index (χ0n) is 43.5. The van der Waals surface area contributed by atoms with Gasteiger partial charge in [-0.15, -0.1) is 0 Å². The number of benzene rings is 2. The second kappa shape index (κ2) is 24.2. The SMILES string of the molecule is CC(C)C[C@@H]1NC(=O)[C@@H](N(C)C(=O)[C@@H](NC(=O)[C@@H]2C[C@@H](F)CN2C(=O)C2(C(F)(F)F)CC(F)(F)C2)C2CC2)CCCCCCCN(C)C(=O)[C@H](Cc2cc(Cl)ccc2-c2ccc(CN3CCOCC3)cc2)N(C)C1=O. The van der Waals surface area contributed by atoms with Crippen LogP contribution in [0.25, 0.3) is 11.1 Å². The van der Waals surface area contributed by atoms with Gasteiger partial charge in [-0.2, -0.15) is 13.2 Å². The number of likely N-dealkylation sites (tertiary alicyclic amines) is 1. The second-order valence-corrected chi connectivity index (χ2v) is 22.4. The van der Waals surface area contributed by atoms with Crippen molar-refractivity contribution in [2.75, 3.05) is 60.5 Å². The van der Waals surface area contributed by atoms with Crippen molar-refractivity contribution in [3.63, 3.8) is 0 Å². The van der Waals surface area contributed by atoms with Crippen LogP contribution in [0.4, 0.5) is 26.3 Å². The van der Waals surface area contributed by atoms with E-state index in [4.69, 9.17) is 16.3 Å². The Morgan fingerprint density at radius 1 is 0.907 bits per heavy atom. The van der Waals surface area contributed by atoms with Gasteiger partial charge in [0.1, 0.15) is 36.4 Å². The average molecular weight is 1080 g/mol. The first-order chi connectivity index (χ1) is 35.4. The predicted molar refractivity (Wildman–Crippen MR) is 269 cm³/mol. The Hall–Kier alpha value is -4.95. The minimum absolute atomic E-state index is 0.0885. The van der Waals surface area contributed by atoms with E-state index in [0.717, 1.165) is 54.7 Å². The molecule has 414 valence electrons. The number of amides is 6. The van der Waals surface area contributed by atoms with Gasteiger partial charge in [0.25, 0.3) is 5.92 Å². The number of carbonyl (C=O) groups excluding carboxylic acids is 6. The Bertz CT molecular complexity index is 2380.